The first-order valence-electron chi connectivity index (χ1n) is 5.54. The number of rotatable bonds is 5. The van der Waals surface area contributed by atoms with Crippen molar-refractivity contribution in [3.63, 3.8) is 0 Å². The first kappa shape index (κ1) is 13.4. The van der Waals surface area contributed by atoms with Crippen molar-refractivity contribution >= 4 is 23.2 Å². The molecule has 0 aliphatic carbocycles. The van der Waals surface area contributed by atoms with E-state index in [1.54, 1.807) is 18.2 Å². The zero-order valence-corrected chi connectivity index (χ0v) is 10.9. The van der Waals surface area contributed by atoms with E-state index in [4.69, 9.17) is 28.5 Å². The molecule has 0 saturated carbocycles. The van der Waals surface area contributed by atoms with E-state index in [1.165, 1.54) is 0 Å². The van der Waals surface area contributed by atoms with Crippen LogP contribution in [0.3, 0.4) is 0 Å². The van der Waals surface area contributed by atoms with E-state index in [1.807, 2.05) is 0 Å². The van der Waals surface area contributed by atoms with Gasteiger partial charge in [0.15, 0.2) is 0 Å². The van der Waals surface area contributed by atoms with Gasteiger partial charge in [-0.3, -0.25) is 0 Å². The molecule has 0 radical (unpaired) electrons. The van der Waals surface area contributed by atoms with Crippen LogP contribution in [0.2, 0.25) is 10.0 Å². The molecule has 0 saturated heterocycles. The highest BCUT2D eigenvalue weighted by atomic mass is 35.5. The number of hydrogen-bond donors (Lipinski definition) is 0. The van der Waals surface area contributed by atoms with E-state index in [2.05, 4.69) is 13.0 Å². The van der Waals surface area contributed by atoms with Gasteiger partial charge in [-0.25, -0.2) is 0 Å². The Morgan fingerprint density at radius 2 is 1.88 bits per heavy atom. The van der Waals surface area contributed by atoms with Gasteiger partial charge < -0.3 is 0 Å². The van der Waals surface area contributed by atoms with Crippen molar-refractivity contribution in [2.75, 3.05) is 0 Å². The van der Waals surface area contributed by atoms with Crippen molar-refractivity contribution in [1.29, 1.82) is 5.26 Å². The van der Waals surface area contributed by atoms with Gasteiger partial charge in [0.05, 0.1) is 12.0 Å². The summed E-state index contributed by atoms with van der Waals surface area (Å²) in [7, 11) is 0. The summed E-state index contributed by atoms with van der Waals surface area (Å²) >= 11 is 12.2. The number of nitrogens with zero attached hydrogens (tertiary/aromatic N) is 1. The van der Waals surface area contributed by atoms with Crippen LogP contribution in [-0.4, -0.2) is 0 Å². The number of halogens is 2. The minimum absolute atomic E-state index is 0.187. The fraction of sp³-hybridized carbons (Fsp3) is 0.462. The van der Waals surface area contributed by atoms with Crippen LogP contribution in [0, 0.1) is 11.3 Å². The number of unbranched alkanes of at least 4 members (excludes halogenated alkanes) is 2. The second-order valence-electron chi connectivity index (χ2n) is 3.81. The second kappa shape index (κ2) is 6.78. The van der Waals surface area contributed by atoms with Gasteiger partial charge in [0.25, 0.3) is 0 Å². The topological polar surface area (TPSA) is 23.8 Å². The Kier molecular flexibility index (Phi) is 5.66. The summed E-state index contributed by atoms with van der Waals surface area (Å²) in [6.07, 6.45) is 4.15. The Bertz CT molecular complexity index is 362. The molecule has 1 rings (SSSR count). The highest BCUT2D eigenvalue weighted by Crippen LogP contribution is 2.34. The molecule has 1 nitrogen and oxygen atoms in total. The van der Waals surface area contributed by atoms with Crippen molar-refractivity contribution in [2.24, 2.45) is 0 Å². The largest absolute Gasteiger partial charge is 0.198 e. The molecule has 0 spiro atoms. The van der Waals surface area contributed by atoms with Crippen LogP contribution in [0.1, 0.15) is 44.1 Å². The van der Waals surface area contributed by atoms with Crippen LogP contribution in [0.25, 0.3) is 0 Å². The molecule has 0 aliphatic rings. The summed E-state index contributed by atoms with van der Waals surface area (Å²) in [5, 5.41) is 10.3. The van der Waals surface area contributed by atoms with Gasteiger partial charge in [0.2, 0.25) is 0 Å². The predicted octanol–water partition coefficient (Wildman–Crippen LogP) is 5.18. The predicted molar refractivity (Wildman–Crippen MR) is 69.0 cm³/mol. The van der Waals surface area contributed by atoms with Crippen LogP contribution >= 0.6 is 23.2 Å². The molecular formula is C13H15Cl2N. The maximum Gasteiger partial charge on any atom is 0.0742 e. The second-order valence-corrected chi connectivity index (χ2v) is 4.63. The highest BCUT2D eigenvalue weighted by molar-refractivity contribution is 6.36. The molecule has 0 aliphatic heterocycles. The Morgan fingerprint density at radius 1 is 1.25 bits per heavy atom. The van der Waals surface area contributed by atoms with E-state index in [-0.39, 0.29) is 5.92 Å². The molecule has 86 valence electrons. The molecule has 0 bridgehead atoms. The Balaban J connectivity index is 2.83. The summed E-state index contributed by atoms with van der Waals surface area (Å²) in [5.41, 5.74) is 0.782. The summed E-state index contributed by atoms with van der Waals surface area (Å²) in [4.78, 5) is 0. The smallest absolute Gasteiger partial charge is 0.0742 e. The minimum Gasteiger partial charge on any atom is -0.198 e. The zero-order chi connectivity index (χ0) is 12.0. The number of benzene rings is 1. The molecule has 1 aromatic rings. The summed E-state index contributed by atoms with van der Waals surface area (Å²) in [6.45, 7) is 2.14. The zero-order valence-electron chi connectivity index (χ0n) is 9.34. The van der Waals surface area contributed by atoms with E-state index < -0.39 is 0 Å². The van der Waals surface area contributed by atoms with Gasteiger partial charge >= 0.3 is 0 Å². The fourth-order valence-electron chi connectivity index (χ4n) is 1.72. The van der Waals surface area contributed by atoms with E-state index in [0.29, 0.717) is 10.0 Å². The van der Waals surface area contributed by atoms with Crippen LogP contribution in [0.4, 0.5) is 0 Å². The third-order valence-electron chi connectivity index (χ3n) is 2.60. The van der Waals surface area contributed by atoms with Crippen LogP contribution in [0.15, 0.2) is 18.2 Å². The van der Waals surface area contributed by atoms with Crippen molar-refractivity contribution in [2.45, 2.75) is 38.5 Å². The third-order valence-corrected chi connectivity index (χ3v) is 3.26. The molecule has 0 fully saturated rings. The molecule has 0 N–H and O–H groups in total. The van der Waals surface area contributed by atoms with Gasteiger partial charge in [-0.2, -0.15) is 5.26 Å². The third kappa shape index (κ3) is 3.40. The maximum absolute atomic E-state index is 9.16. The molecule has 0 unspecified atom stereocenters. The van der Waals surface area contributed by atoms with Gasteiger partial charge in [-0.1, -0.05) is 55.5 Å². The van der Waals surface area contributed by atoms with Crippen LogP contribution < -0.4 is 0 Å². The molecule has 3 heteroatoms. The molecule has 1 atom stereocenters. The van der Waals surface area contributed by atoms with E-state index >= 15 is 0 Å². The molecule has 0 heterocycles. The SMILES string of the molecule is CCCCC[C@@H](C#N)c1c(Cl)cccc1Cl. The summed E-state index contributed by atoms with van der Waals surface area (Å²) in [5.74, 6) is -0.187. The van der Waals surface area contributed by atoms with Crippen LogP contribution in [0.5, 0.6) is 0 Å². The molecule has 1 aromatic carbocycles. The Labute approximate surface area is 107 Å². The molecule has 16 heavy (non-hydrogen) atoms. The maximum atomic E-state index is 9.16. The lowest BCUT2D eigenvalue weighted by Crippen LogP contribution is -1.98. The Hall–Kier alpha value is -0.710. The van der Waals surface area contributed by atoms with Gasteiger partial charge in [-0.05, 0) is 18.6 Å². The average Bonchev–Trinajstić information content (AvgIpc) is 2.26. The van der Waals surface area contributed by atoms with Gasteiger partial charge in [-0.15, -0.1) is 0 Å². The molecule has 0 aromatic heterocycles. The normalized spacial score (nSPS) is 12.1. The van der Waals surface area contributed by atoms with Gasteiger partial charge in [0, 0.05) is 15.6 Å². The lowest BCUT2D eigenvalue weighted by Gasteiger charge is -2.12. The fourth-order valence-corrected chi connectivity index (χ4v) is 2.38. The minimum atomic E-state index is -0.187. The first-order valence-corrected chi connectivity index (χ1v) is 6.29. The van der Waals surface area contributed by atoms with Crippen molar-refractivity contribution in [3.05, 3.63) is 33.8 Å². The quantitative estimate of drug-likeness (QED) is 0.666. The summed E-state index contributed by atoms with van der Waals surface area (Å²) in [6, 6.07) is 7.66. The molecular weight excluding hydrogens is 241 g/mol. The molecule has 0 amide bonds. The van der Waals surface area contributed by atoms with E-state index in [0.717, 1.165) is 31.2 Å². The van der Waals surface area contributed by atoms with Crippen molar-refractivity contribution in [1.82, 2.24) is 0 Å². The number of nitriles is 1. The highest BCUT2D eigenvalue weighted by Gasteiger charge is 2.16. The Morgan fingerprint density at radius 3 is 2.38 bits per heavy atom. The van der Waals surface area contributed by atoms with E-state index in [9.17, 15) is 0 Å². The summed E-state index contributed by atoms with van der Waals surface area (Å²) < 4.78 is 0. The lowest BCUT2D eigenvalue weighted by molar-refractivity contribution is 0.634. The monoisotopic (exact) mass is 255 g/mol. The lowest BCUT2D eigenvalue weighted by atomic mass is 9.94. The van der Waals surface area contributed by atoms with Crippen LogP contribution in [-0.2, 0) is 0 Å². The van der Waals surface area contributed by atoms with Crippen molar-refractivity contribution in [3.8, 4) is 6.07 Å². The first-order chi connectivity index (χ1) is 7.70. The van der Waals surface area contributed by atoms with Gasteiger partial charge in [0.1, 0.15) is 0 Å². The van der Waals surface area contributed by atoms with Crippen molar-refractivity contribution < 1.29 is 0 Å². The number of hydrogen-bond acceptors (Lipinski definition) is 1. The average molecular weight is 256 g/mol. The standard InChI is InChI=1S/C13H15Cl2N/c1-2-3-4-6-10(9-16)13-11(14)7-5-8-12(13)15/h5,7-8,10H,2-4,6H2,1H3/t10-/m0/s1.